The normalized spacial score (nSPS) is 12.4. The number of carbonyl (C=O) groups excluding carboxylic acids is 1. The molecule has 0 fully saturated rings. The molecule has 0 aliphatic carbocycles. The van der Waals surface area contributed by atoms with Crippen molar-refractivity contribution >= 4 is 21.7 Å². The fourth-order valence-electron chi connectivity index (χ4n) is 3.63. The first-order valence-electron chi connectivity index (χ1n) is 12.2. The molecule has 3 N–H and O–H groups in total. The average Bonchev–Trinajstić information content (AvgIpc) is 2.81. The molecule has 1 amide bonds. The highest BCUT2D eigenvalue weighted by atomic mass is 32.2. The number of carbonyl (C=O) groups is 1. The van der Waals surface area contributed by atoms with Gasteiger partial charge >= 0.3 is 0 Å². The van der Waals surface area contributed by atoms with E-state index in [9.17, 15) is 17.6 Å². The Morgan fingerprint density at radius 2 is 1.76 bits per heavy atom. The lowest BCUT2D eigenvalue weighted by Crippen LogP contribution is -2.32. The highest BCUT2D eigenvalue weighted by Gasteiger charge is 2.25. The lowest BCUT2D eigenvalue weighted by atomic mass is 10.1. The fourth-order valence-corrected chi connectivity index (χ4v) is 4.57. The van der Waals surface area contributed by atoms with E-state index in [1.54, 1.807) is 6.07 Å². The van der Waals surface area contributed by atoms with Gasteiger partial charge < -0.3 is 15.2 Å². The Morgan fingerprint density at radius 3 is 2.42 bits per heavy atom. The molecule has 3 aromatic rings. The zero-order chi connectivity index (χ0) is 28.0. The standard InChI is InChI=1S/C27H33FN4O5S/c1-16(2)11-18(5)37-27-22(26(33)32-38(34,35)25-8-6-7-24(29)31-25)9-10-23(30-27)19-12-20(28)14-21(13-19)36-15-17(3)4/h6-10,12-14,16-18H,11,15H2,1-5H3,(H2,29,31)(H,32,33). The molecule has 0 saturated heterocycles. The number of halogens is 1. The highest BCUT2D eigenvalue weighted by molar-refractivity contribution is 7.90. The summed E-state index contributed by atoms with van der Waals surface area (Å²) in [6, 6.07) is 11.2. The summed E-state index contributed by atoms with van der Waals surface area (Å²) in [6.07, 6.45) is 0.319. The Morgan fingerprint density at radius 1 is 1.03 bits per heavy atom. The second kappa shape index (κ2) is 12.2. The molecular weight excluding hydrogens is 511 g/mol. The molecule has 204 valence electrons. The minimum absolute atomic E-state index is 0.00953. The van der Waals surface area contributed by atoms with Crippen LogP contribution in [0.3, 0.4) is 0 Å². The first-order chi connectivity index (χ1) is 17.8. The number of pyridine rings is 2. The van der Waals surface area contributed by atoms with Gasteiger partial charge in [-0.15, -0.1) is 0 Å². The third-order valence-electron chi connectivity index (χ3n) is 5.22. The van der Waals surface area contributed by atoms with E-state index in [0.717, 1.165) is 0 Å². The number of nitrogen functional groups attached to an aromatic ring is 1. The van der Waals surface area contributed by atoms with Crippen molar-refractivity contribution in [3.63, 3.8) is 0 Å². The van der Waals surface area contributed by atoms with Gasteiger partial charge in [-0.05, 0) is 61.6 Å². The van der Waals surface area contributed by atoms with E-state index in [0.29, 0.717) is 36.0 Å². The van der Waals surface area contributed by atoms with Crippen molar-refractivity contribution in [2.75, 3.05) is 12.3 Å². The summed E-state index contributed by atoms with van der Waals surface area (Å²) in [5, 5.41) is -0.403. The van der Waals surface area contributed by atoms with Crippen LogP contribution in [-0.2, 0) is 10.0 Å². The van der Waals surface area contributed by atoms with Crippen molar-refractivity contribution < 1.29 is 27.1 Å². The molecule has 0 aliphatic heterocycles. The Labute approximate surface area is 222 Å². The van der Waals surface area contributed by atoms with Crippen LogP contribution in [0, 0.1) is 17.7 Å². The van der Waals surface area contributed by atoms with Crippen LogP contribution in [0.15, 0.2) is 53.6 Å². The average molecular weight is 545 g/mol. The monoisotopic (exact) mass is 544 g/mol. The second-order valence-corrected chi connectivity index (χ2v) is 11.5. The topological polar surface area (TPSA) is 134 Å². The number of benzene rings is 1. The molecule has 0 saturated carbocycles. The summed E-state index contributed by atoms with van der Waals surface area (Å²) >= 11 is 0. The van der Waals surface area contributed by atoms with E-state index in [1.807, 2.05) is 39.3 Å². The number of rotatable bonds is 11. The Bertz CT molecular complexity index is 1400. The summed E-state index contributed by atoms with van der Waals surface area (Å²) in [5.74, 6) is -0.680. The fraction of sp³-hybridized carbons (Fsp3) is 0.370. The summed E-state index contributed by atoms with van der Waals surface area (Å²) in [7, 11) is -4.32. The number of nitrogens with zero attached hydrogens (tertiary/aromatic N) is 2. The van der Waals surface area contributed by atoms with Crippen LogP contribution in [0.4, 0.5) is 10.2 Å². The van der Waals surface area contributed by atoms with Crippen LogP contribution in [0.1, 0.15) is 51.4 Å². The summed E-state index contributed by atoms with van der Waals surface area (Å²) in [5.41, 5.74) is 6.21. The SMILES string of the molecule is CC(C)COc1cc(F)cc(-c2ccc(C(=O)NS(=O)(=O)c3cccc(N)n3)c(OC(C)CC(C)C)n2)c1. The number of aromatic nitrogens is 2. The number of sulfonamides is 1. The van der Waals surface area contributed by atoms with Gasteiger partial charge in [0.15, 0.2) is 5.03 Å². The Kier molecular flexibility index (Phi) is 9.26. The minimum Gasteiger partial charge on any atom is -0.493 e. The molecule has 2 heterocycles. The van der Waals surface area contributed by atoms with Gasteiger partial charge in [0.1, 0.15) is 22.9 Å². The lowest BCUT2D eigenvalue weighted by molar-refractivity contribution is 0.0972. The van der Waals surface area contributed by atoms with Gasteiger partial charge in [0.2, 0.25) is 5.88 Å². The van der Waals surface area contributed by atoms with Gasteiger partial charge in [-0.2, -0.15) is 8.42 Å². The molecule has 0 bridgehead atoms. The predicted molar refractivity (Wildman–Crippen MR) is 143 cm³/mol. The Hall–Kier alpha value is -3.73. The molecule has 9 nitrogen and oxygen atoms in total. The number of hydrogen-bond donors (Lipinski definition) is 2. The van der Waals surface area contributed by atoms with Crippen LogP contribution in [0.2, 0.25) is 0 Å². The molecule has 3 rings (SSSR count). The molecule has 2 aromatic heterocycles. The first-order valence-corrected chi connectivity index (χ1v) is 13.7. The smallest absolute Gasteiger partial charge is 0.281 e. The second-order valence-electron chi connectivity index (χ2n) is 9.82. The number of anilines is 1. The van der Waals surface area contributed by atoms with Crippen LogP contribution < -0.4 is 19.9 Å². The van der Waals surface area contributed by atoms with E-state index in [2.05, 4.69) is 9.97 Å². The zero-order valence-corrected chi connectivity index (χ0v) is 22.9. The molecule has 1 unspecified atom stereocenters. The van der Waals surface area contributed by atoms with Gasteiger partial charge in [-0.1, -0.05) is 33.8 Å². The third-order valence-corrected chi connectivity index (χ3v) is 6.45. The van der Waals surface area contributed by atoms with Crippen LogP contribution in [0.5, 0.6) is 11.6 Å². The molecule has 1 atom stereocenters. The number of amides is 1. The maximum atomic E-state index is 14.4. The summed E-state index contributed by atoms with van der Waals surface area (Å²) < 4.78 is 53.5. The van der Waals surface area contributed by atoms with Gasteiger partial charge in [0.25, 0.3) is 15.9 Å². The number of nitrogens with one attached hydrogen (secondary N) is 1. The van der Waals surface area contributed by atoms with Crippen molar-refractivity contribution in [1.82, 2.24) is 14.7 Å². The molecule has 0 aliphatic rings. The van der Waals surface area contributed by atoms with Gasteiger partial charge in [0.05, 0.1) is 18.4 Å². The number of hydrogen-bond acceptors (Lipinski definition) is 8. The minimum atomic E-state index is -4.32. The van der Waals surface area contributed by atoms with Gasteiger partial charge in [0, 0.05) is 11.6 Å². The van der Waals surface area contributed by atoms with Gasteiger partial charge in [-0.25, -0.2) is 19.1 Å². The number of nitrogens with two attached hydrogens (primary N) is 1. The van der Waals surface area contributed by atoms with Crippen LogP contribution >= 0.6 is 0 Å². The molecule has 0 radical (unpaired) electrons. The maximum Gasteiger partial charge on any atom is 0.281 e. The van der Waals surface area contributed by atoms with Crippen molar-refractivity contribution in [3.8, 4) is 22.9 Å². The quantitative estimate of drug-likeness (QED) is 0.351. The molecule has 1 aromatic carbocycles. The molecular formula is C27H33FN4O5S. The predicted octanol–water partition coefficient (Wildman–Crippen LogP) is 4.83. The highest BCUT2D eigenvalue weighted by Crippen LogP contribution is 2.29. The zero-order valence-electron chi connectivity index (χ0n) is 22.1. The van der Waals surface area contributed by atoms with E-state index >= 15 is 0 Å². The van der Waals surface area contributed by atoms with E-state index in [1.165, 1.54) is 42.5 Å². The van der Waals surface area contributed by atoms with Crippen LogP contribution in [-0.4, -0.2) is 37.0 Å². The first kappa shape index (κ1) is 28.8. The molecule has 11 heteroatoms. The lowest BCUT2D eigenvalue weighted by Gasteiger charge is -2.19. The molecule has 0 spiro atoms. The van der Waals surface area contributed by atoms with Crippen LogP contribution in [0.25, 0.3) is 11.3 Å². The number of ether oxygens (including phenoxy) is 2. The summed E-state index contributed by atoms with van der Waals surface area (Å²) in [4.78, 5) is 21.3. The third kappa shape index (κ3) is 7.88. The van der Waals surface area contributed by atoms with Crippen molar-refractivity contribution in [2.24, 2.45) is 11.8 Å². The van der Waals surface area contributed by atoms with Crippen molar-refractivity contribution in [1.29, 1.82) is 0 Å². The van der Waals surface area contributed by atoms with Gasteiger partial charge in [-0.3, -0.25) is 4.79 Å². The van der Waals surface area contributed by atoms with E-state index < -0.39 is 26.8 Å². The molecule has 38 heavy (non-hydrogen) atoms. The van der Waals surface area contributed by atoms with Crippen molar-refractivity contribution in [2.45, 2.75) is 52.2 Å². The van der Waals surface area contributed by atoms with Crippen molar-refractivity contribution in [3.05, 3.63) is 59.9 Å². The Balaban J connectivity index is 1.99. The largest absolute Gasteiger partial charge is 0.493 e. The van der Waals surface area contributed by atoms with E-state index in [-0.39, 0.29) is 29.3 Å². The van der Waals surface area contributed by atoms with E-state index in [4.69, 9.17) is 15.2 Å². The maximum absolute atomic E-state index is 14.4. The summed E-state index contributed by atoms with van der Waals surface area (Å²) in [6.45, 7) is 10.2.